The molecular formula is C27H30N2O5S. The number of hydrogen-bond acceptors (Lipinski definition) is 5. The molecule has 0 saturated heterocycles. The van der Waals surface area contributed by atoms with E-state index in [9.17, 15) is 18.0 Å². The molecule has 3 aromatic rings. The van der Waals surface area contributed by atoms with Gasteiger partial charge in [-0.25, -0.2) is 13.2 Å². The van der Waals surface area contributed by atoms with Crippen LogP contribution in [0, 0.1) is 6.92 Å². The van der Waals surface area contributed by atoms with Crippen molar-refractivity contribution in [2.24, 2.45) is 0 Å². The van der Waals surface area contributed by atoms with E-state index in [0.717, 1.165) is 21.9 Å². The highest BCUT2D eigenvalue weighted by Gasteiger charge is 2.23. The zero-order valence-corrected chi connectivity index (χ0v) is 21.1. The van der Waals surface area contributed by atoms with Gasteiger partial charge in [-0.3, -0.25) is 9.10 Å². The fourth-order valence-electron chi connectivity index (χ4n) is 3.50. The van der Waals surface area contributed by atoms with Gasteiger partial charge >= 0.3 is 5.97 Å². The van der Waals surface area contributed by atoms with Crippen LogP contribution in [-0.2, 0) is 19.6 Å². The summed E-state index contributed by atoms with van der Waals surface area (Å²) < 4.78 is 32.5. The molecule has 0 aliphatic rings. The van der Waals surface area contributed by atoms with E-state index in [1.807, 2.05) is 37.3 Å². The second-order valence-electron chi connectivity index (χ2n) is 8.36. The van der Waals surface area contributed by atoms with Crippen LogP contribution < -0.4 is 9.62 Å². The van der Waals surface area contributed by atoms with Gasteiger partial charge < -0.3 is 10.1 Å². The summed E-state index contributed by atoms with van der Waals surface area (Å²) in [6.45, 7) is 5.56. The molecule has 0 spiro atoms. The maximum absolute atomic E-state index is 13.1. The molecule has 184 valence electrons. The Kier molecular flexibility index (Phi) is 8.30. The molecule has 0 fully saturated rings. The molecule has 0 heterocycles. The van der Waals surface area contributed by atoms with Crippen molar-refractivity contribution in [2.75, 3.05) is 23.3 Å². The number of rotatable bonds is 9. The predicted octanol–water partition coefficient (Wildman–Crippen LogP) is 5.13. The Balaban J connectivity index is 1.68. The lowest BCUT2D eigenvalue weighted by molar-refractivity contribution is -0.119. The van der Waals surface area contributed by atoms with Gasteiger partial charge in [-0.1, -0.05) is 55.8 Å². The highest BCUT2D eigenvalue weighted by Crippen LogP contribution is 2.26. The number of esters is 1. The summed E-state index contributed by atoms with van der Waals surface area (Å²) in [6, 6.07) is 20.1. The zero-order valence-electron chi connectivity index (χ0n) is 20.3. The molecule has 0 unspecified atom stereocenters. The number of nitrogens with one attached hydrogen (secondary N) is 1. The SMILES string of the molecule is CC[C@@H](C)c1ccccc1NC(=O)COC(=O)c1cccc(S(=O)(=O)N(C)c2ccc(C)cc2)c1. The molecule has 0 aromatic heterocycles. The van der Waals surface area contributed by atoms with Crippen molar-refractivity contribution in [1.29, 1.82) is 0 Å². The van der Waals surface area contributed by atoms with E-state index >= 15 is 0 Å². The van der Waals surface area contributed by atoms with Crippen LogP contribution in [0.5, 0.6) is 0 Å². The lowest BCUT2D eigenvalue weighted by atomic mass is 9.97. The summed E-state index contributed by atoms with van der Waals surface area (Å²) in [5.41, 5.74) is 3.23. The second-order valence-corrected chi connectivity index (χ2v) is 10.3. The van der Waals surface area contributed by atoms with Crippen LogP contribution >= 0.6 is 0 Å². The van der Waals surface area contributed by atoms with Crippen molar-refractivity contribution in [3.05, 3.63) is 89.5 Å². The quantitative estimate of drug-likeness (QED) is 0.416. The van der Waals surface area contributed by atoms with E-state index in [4.69, 9.17) is 4.74 Å². The number of aryl methyl sites for hydroxylation is 1. The Morgan fingerprint density at radius 2 is 1.69 bits per heavy atom. The molecule has 1 N–H and O–H groups in total. The van der Waals surface area contributed by atoms with Crippen molar-refractivity contribution in [1.82, 2.24) is 0 Å². The van der Waals surface area contributed by atoms with Gasteiger partial charge in [0.25, 0.3) is 15.9 Å². The van der Waals surface area contributed by atoms with Crippen LogP contribution in [0.4, 0.5) is 11.4 Å². The number of carbonyl (C=O) groups excluding carboxylic acids is 2. The van der Waals surface area contributed by atoms with E-state index in [0.29, 0.717) is 11.4 Å². The normalized spacial score (nSPS) is 12.0. The third-order valence-electron chi connectivity index (χ3n) is 5.84. The van der Waals surface area contributed by atoms with Crippen LogP contribution in [-0.4, -0.2) is 33.9 Å². The molecule has 8 heteroatoms. The standard InChI is InChI=1S/C27H30N2O5S/c1-5-20(3)24-11-6-7-12-25(24)28-26(30)18-34-27(31)21-9-8-10-23(17-21)35(32,33)29(4)22-15-13-19(2)14-16-22/h6-17,20H,5,18H2,1-4H3,(H,28,30)/t20-/m1/s1. The third-order valence-corrected chi connectivity index (χ3v) is 7.62. The molecule has 1 amide bonds. The number of para-hydroxylation sites is 1. The number of anilines is 2. The van der Waals surface area contributed by atoms with Gasteiger partial charge in [-0.15, -0.1) is 0 Å². The first-order valence-corrected chi connectivity index (χ1v) is 12.8. The van der Waals surface area contributed by atoms with Crippen LogP contribution in [0.2, 0.25) is 0 Å². The highest BCUT2D eigenvalue weighted by molar-refractivity contribution is 7.92. The fourth-order valence-corrected chi connectivity index (χ4v) is 4.74. The molecule has 3 aromatic carbocycles. The molecule has 0 aliphatic heterocycles. The van der Waals surface area contributed by atoms with Gasteiger partial charge in [-0.2, -0.15) is 0 Å². The first-order valence-electron chi connectivity index (χ1n) is 11.3. The van der Waals surface area contributed by atoms with Gasteiger partial charge in [-0.05, 0) is 61.2 Å². The molecule has 35 heavy (non-hydrogen) atoms. The van der Waals surface area contributed by atoms with Gasteiger partial charge in [0.15, 0.2) is 6.61 Å². The van der Waals surface area contributed by atoms with Crippen molar-refractivity contribution < 1.29 is 22.7 Å². The Labute approximate surface area is 206 Å². The lowest BCUT2D eigenvalue weighted by Crippen LogP contribution is -2.27. The predicted molar refractivity (Wildman–Crippen MR) is 137 cm³/mol. The molecule has 0 radical (unpaired) electrons. The van der Waals surface area contributed by atoms with Gasteiger partial charge in [0.2, 0.25) is 0 Å². The van der Waals surface area contributed by atoms with Crippen molar-refractivity contribution in [3.8, 4) is 0 Å². The Hall–Kier alpha value is -3.65. The summed E-state index contributed by atoms with van der Waals surface area (Å²) >= 11 is 0. The average Bonchev–Trinajstić information content (AvgIpc) is 2.87. The average molecular weight is 495 g/mol. The summed E-state index contributed by atoms with van der Waals surface area (Å²) in [5, 5.41) is 2.79. The third kappa shape index (κ3) is 6.27. The van der Waals surface area contributed by atoms with Crippen molar-refractivity contribution in [3.63, 3.8) is 0 Å². The lowest BCUT2D eigenvalue weighted by Gasteiger charge is -2.20. The minimum absolute atomic E-state index is 0.0381. The Morgan fingerprint density at radius 3 is 2.37 bits per heavy atom. The maximum Gasteiger partial charge on any atom is 0.338 e. The topological polar surface area (TPSA) is 92.8 Å². The smallest absolute Gasteiger partial charge is 0.338 e. The van der Waals surface area contributed by atoms with Crippen LogP contribution in [0.3, 0.4) is 0 Å². The van der Waals surface area contributed by atoms with Gasteiger partial charge in [0.1, 0.15) is 0 Å². The van der Waals surface area contributed by atoms with E-state index in [1.54, 1.807) is 18.2 Å². The van der Waals surface area contributed by atoms with E-state index in [-0.39, 0.29) is 16.4 Å². The molecule has 1 atom stereocenters. The Bertz CT molecular complexity index is 1300. The minimum atomic E-state index is -3.90. The maximum atomic E-state index is 13.1. The van der Waals surface area contributed by atoms with Crippen LogP contribution in [0.15, 0.2) is 77.7 Å². The van der Waals surface area contributed by atoms with E-state index < -0.39 is 28.5 Å². The van der Waals surface area contributed by atoms with E-state index in [1.165, 1.54) is 31.3 Å². The largest absolute Gasteiger partial charge is 0.452 e. The number of amides is 1. The molecular weight excluding hydrogens is 464 g/mol. The number of carbonyl (C=O) groups is 2. The number of ether oxygens (including phenoxy) is 1. The first kappa shape index (κ1) is 26.0. The highest BCUT2D eigenvalue weighted by atomic mass is 32.2. The zero-order chi connectivity index (χ0) is 25.6. The summed E-state index contributed by atoms with van der Waals surface area (Å²) in [5.74, 6) is -1.00. The minimum Gasteiger partial charge on any atom is -0.452 e. The number of benzene rings is 3. The van der Waals surface area contributed by atoms with Crippen LogP contribution in [0.1, 0.15) is 47.7 Å². The molecule has 0 aliphatic carbocycles. The Morgan fingerprint density at radius 1 is 1.00 bits per heavy atom. The van der Waals surface area contributed by atoms with Crippen molar-refractivity contribution >= 4 is 33.3 Å². The second kappa shape index (κ2) is 11.2. The summed E-state index contributed by atoms with van der Waals surface area (Å²) in [6.07, 6.45) is 0.917. The van der Waals surface area contributed by atoms with Gasteiger partial charge in [0, 0.05) is 12.7 Å². The molecule has 0 bridgehead atoms. The number of hydrogen-bond donors (Lipinski definition) is 1. The summed E-state index contributed by atoms with van der Waals surface area (Å²) in [4.78, 5) is 24.9. The van der Waals surface area contributed by atoms with Crippen molar-refractivity contribution in [2.45, 2.75) is 38.0 Å². The van der Waals surface area contributed by atoms with Gasteiger partial charge in [0.05, 0.1) is 16.1 Å². The molecule has 7 nitrogen and oxygen atoms in total. The summed E-state index contributed by atoms with van der Waals surface area (Å²) in [7, 11) is -2.45. The molecule has 3 rings (SSSR count). The van der Waals surface area contributed by atoms with Crippen LogP contribution in [0.25, 0.3) is 0 Å². The monoisotopic (exact) mass is 494 g/mol. The van der Waals surface area contributed by atoms with E-state index in [2.05, 4.69) is 19.2 Å². The number of sulfonamides is 1. The first-order chi connectivity index (χ1) is 16.6. The molecule has 0 saturated carbocycles. The fraction of sp³-hybridized carbons (Fsp3) is 0.259. The number of nitrogens with zero attached hydrogens (tertiary/aromatic N) is 1.